The monoisotopic (exact) mass is 244 g/mol. The Labute approximate surface area is 101 Å². The van der Waals surface area contributed by atoms with E-state index in [-0.39, 0.29) is 0 Å². The highest BCUT2D eigenvalue weighted by atomic mass is 35.5. The van der Waals surface area contributed by atoms with Gasteiger partial charge < -0.3 is 4.90 Å². The molecule has 0 radical (unpaired) electrons. The first kappa shape index (κ1) is 12.7. The third-order valence-corrected chi connectivity index (χ3v) is 3.50. The minimum Gasteiger partial charge on any atom is -0.371 e. The number of pyridine rings is 1. The molecule has 0 spiro atoms. The molecule has 2 nitrogen and oxygen atoms in total. The predicted molar refractivity (Wildman–Crippen MR) is 70.0 cm³/mol. The molecule has 1 aromatic rings. The van der Waals surface area contributed by atoms with Gasteiger partial charge in [0.25, 0.3) is 0 Å². The van der Waals surface area contributed by atoms with Gasteiger partial charge in [0.05, 0.1) is 11.6 Å². The van der Waals surface area contributed by atoms with Crippen LogP contribution in [-0.4, -0.2) is 30.1 Å². The molecule has 1 unspecified atom stereocenters. The number of hydrogen-bond acceptors (Lipinski definition) is 3. The van der Waals surface area contributed by atoms with Crippen LogP contribution in [0.25, 0.3) is 0 Å². The molecule has 0 N–H and O–H groups in total. The molecule has 0 amide bonds. The maximum Gasteiger partial charge on any atom is 0.0648 e. The Kier molecular flexibility index (Phi) is 5.26. The number of aromatic nitrogens is 1. The fourth-order valence-corrected chi connectivity index (χ4v) is 2.22. The Hall–Kier alpha value is -0.410. The van der Waals surface area contributed by atoms with E-state index < -0.39 is 0 Å². The van der Waals surface area contributed by atoms with Gasteiger partial charge in [-0.15, -0.1) is 11.6 Å². The zero-order valence-electron chi connectivity index (χ0n) is 9.40. The Morgan fingerprint density at radius 1 is 1.60 bits per heavy atom. The lowest BCUT2D eigenvalue weighted by Crippen LogP contribution is -2.30. The smallest absolute Gasteiger partial charge is 0.0648 e. The van der Waals surface area contributed by atoms with E-state index in [1.54, 1.807) is 0 Å². The van der Waals surface area contributed by atoms with Gasteiger partial charge in [0.1, 0.15) is 0 Å². The van der Waals surface area contributed by atoms with Gasteiger partial charge in [-0.3, -0.25) is 4.98 Å². The molecular weight excluding hydrogens is 228 g/mol. The van der Waals surface area contributed by atoms with Crippen LogP contribution >= 0.6 is 23.4 Å². The zero-order chi connectivity index (χ0) is 11.3. The van der Waals surface area contributed by atoms with Crippen molar-refractivity contribution in [2.45, 2.75) is 18.8 Å². The van der Waals surface area contributed by atoms with Gasteiger partial charge in [-0.1, -0.05) is 0 Å². The minimum absolute atomic E-state index is 0.471. The van der Waals surface area contributed by atoms with Crippen molar-refractivity contribution in [3.05, 3.63) is 24.0 Å². The lowest BCUT2D eigenvalue weighted by molar-refractivity contribution is 0.764. The second kappa shape index (κ2) is 6.23. The number of rotatable bonds is 5. The van der Waals surface area contributed by atoms with E-state index in [2.05, 4.69) is 30.1 Å². The van der Waals surface area contributed by atoms with E-state index in [0.717, 1.165) is 11.4 Å². The molecular formula is C11H17ClN2S. The van der Waals surface area contributed by atoms with Crippen molar-refractivity contribution in [3.63, 3.8) is 0 Å². The van der Waals surface area contributed by atoms with Gasteiger partial charge >= 0.3 is 0 Å². The van der Waals surface area contributed by atoms with Crippen LogP contribution in [0.4, 0.5) is 5.69 Å². The maximum absolute atomic E-state index is 5.76. The number of halogens is 1. The fraction of sp³-hybridized carbons (Fsp3) is 0.545. The fourth-order valence-electron chi connectivity index (χ4n) is 1.37. The summed E-state index contributed by atoms with van der Waals surface area (Å²) in [5.74, 6) is 1.59. The topological polar surface area (TPSA) is 16.1 Å². The van der Waals surface area contributed by atoms with Crippen LogP contribution in [0.1, 0.15) is 12.6 Å². The SMILES string of the molecule is CSCC(C)N(C)c1ccnc(CCl)c1. The second-order valence-corrected chi connectivity index (χ2v) is 4.73. The molecule has 0 saturated carbocycles. The predicted octanol–water partition coefficient (Wildman–Crippen LogP) is 3.01. The molecule has 0 saturated heterocycles. The van der Waals surface area contributed by atoms with Crippen molar-refractivity contribution in [3.8, 4) is 0 Å². The summed E-state index contributed by atoms with van der Waals surface area (Å²) in [5, 5.41) is 0. The highest BCUT2D eigenvalue weighted by Gasteiger charge is 2.09. The highest BCUT2D eigenvalue weighted by molar-refractivity contribution is 7.98. The summed E-state index contributed by atoms with van der Waals surface area (Å²) in [6.07, 6.45) is 3.94. The maximum atomic E-state index is 5.76. The minimum atomic E-state index is 0.471. The lowest BCUT2D eigenvalue weighted by Gasteiger charge is -2.26. The molecule has 0 fully saturated rings. The first-order chi connectivity index (χ1) is 7.19. The van der Waals surface area contributed by atoms with E-state index in [4.69, 9.17) is 11.6 Å². The summed E-state index contributed by atoms with van der Waals surface area (Å²) in [4.78, 5) is 6.44. The number of alkyl halides is 1. The number of hydrogen-bond donors (Lipinski definition) is 0. The summed E-state index contributed by atoms with van der Waals surface area (Å²) in [6.45, 7) is 2.22. The zero-order valence-corrected chi connectivity index (χ0v) is 11.0. The molecule has 84 valence electrons. The van der Waals surface area contributed by atoms with Crippen molar-refractivity contribution < 1.29 is 0 Å². The van der Waals surface area contributed by atoms with Crippen LogP contribution in [0.5, 0.6) is 0 Å². The second-order valence-electron chi connectivity index (χ2n) is 3.55. The summed E-state index contributed by atoms with van der Waals surface area (Å²) in [5.41, 5.74) is 2.11. The Morgan fingerprint density at radius 3 is 2.93 bits per heavy atom. The van der Waals surface area contributed by atoms with Gasteiger partial charge in [0, 0.05) is 30.7 Å². The summed E-state index contributed by atoms with van der Waals surface area (Å²) in [7, 11) is 2.11. The quantitative estimate of drug-likeness (QED) is 0.741. The number of anilines is 1. The summed E-state index contributed by atoms with van der Waals surface area (Å²) < 4.78 is 0. The molecule has 0 aromatic carbocycles. The van der Waals surface area contributed by atoms with E-state index in [9.17, 15) is 0 Å². The average molecular weight is 245 g/mol. The van der Waals surface area contributed by atoms with Crippen molar-refractivity contribution in [1.29, 1.82) is 0 Å². The van der Waals surface area contributed by atoms with Crippen LogP contribution in [0, 0.1) is 0 Å². The van der Waals surface area contributed by atoms with Gasteiger partial charge in [-0.2, -0.15) is 11.8 Å². The van der Waals surface area contributed by atoms with Gasteiger partial charge in [0.15, 0.2) is 0 Å². The van der Waals surface area contributed by atoms with Gasteiger partial charge in [-0.05, 0) is 25.3 Å². The van der Waals surface area contributed by atoms with E-state index in [1.165, 1.54) is 5.69 Å². The number of nitrogens with zero attached hydrogens (tertiary/aromatic N) is 2. The van der Waals surface area contributed by atoms with E-state index in [0.29, 0.717) is 11.9 Å². The lowest BCUT2D eigenvalue weighted by atomic mass is 10.2. The Bertz CT molecular complexity index is 306. The molecule has 1 aromatic heterocycles. The Balaban J connectivity index is 2.76. The molecule has 0 aliphatic rings. The molecule has 4 heteroatoms. The Morgan fingerprint density at radius 2 is 2.33 bits per heavy atom. The largest absolute Gasteiger partial charge is 0.371 e. The van der Waals surface area contributed by atoms with E-state index >= 15 is 0 Å². The van der Waals surface area contributed by atoms with Crippen molar-refractivity contribution in [1.82, 2.24) is 4.98 Å². The number of thioether (sulfide) groups is 1. The highest BCUT2D eigenvalue weighted by Crippen LogP contribution is 2.17. The first-order valence-corrected chi connectivity index (χ1v) is 6.84. The summed E-state index contributed by atoms with van der Waals surface area (Å²) in [6, 6.07) is 4.59. The molecule has 1 atom stereocenters. The summed E-state index contributed by atoms with van der Waals surface area (Å²) >= 11 is 7.62. The molecule has 0 aliphatic carbocycles. The van der Waals surface area contributed by atoms with Crippen LogP contribution < -0.4 is 4.90 Å². The average Bonchev–Trinajstić information content (AvgIpc) is 2.28. The van der Waals surface area contributed by atoms with Crippen LogP contribution in [0.2, 0.25) is 0 Å². The molecule has 0 aliphatic heterocycles. The molecule has 1 rings (SSSR count). The van der Waals surface area contributed by atoms with Crippen molar-refractivity contribution in [2.75, 3.05) is 24.0 Å². The standard InChI is InChI=1S/C11H17ClN2S/c1-9(8-15-3)14(2)11-4-5-13-10(6-11)7-12/h4-6,9H,7-8H2,1-3H3. The third-order valence-electron chi connectivity index (χ3n) is 2.41. The molecule has 15 heavy (non-hydrogen) atoms. The third kappa shape index (κ3) is 3.58. The normalized spacial score (nSPS) is 12.5. The first-order valence-electron chi connectivity index (χ1n) is 4.91. The molecule has 1 heterocycles. The van der Waals surface area contributed by atoms with Gasteiger partial charge in [0.2, 0.25) is 0 Å². The van der Waals surface area contributed by atoms with Crippen molar-refractivity contribution in [2.24, 2.45) is 0 Å². The van der Waals surface area contributed by atoms with Crippen LogP contribution in [0.3, 0.4) is 0 Å². The van der Waals surface area contributed by atoms with Crippen LogP contribution in [0.15, 0.2) is 18.3 Å². The van der Waals surface area contributed by atoms with Crippen molar-refractivity contribution >= 4 is 29.1 Å². The van der Waals surface area contributed by atoms with Crippen LogP contribution in [-0.2, 0) is 5.88 Å². The van der Waals surface area contributed by atoms with Gasteiger partial charge in [-0.25, -0.2) is 0 Å². The molecule has 0 bridgehead atoms. The van der Waals surface area contributed by atoms with E-state index in [1.807, 2.05) is 30.1 Å².